The summed E-state index contributed by atoms with van der Waals surface area (Å²) < 4.78 is 16.9. The van der Waals surface area contributed by atoms with Crippen LogP contribution in [0, 0.1) is 13.8 Å². The van der Waals surface area contributed by atoms with Gasteiger partial charge in [-0.15, -0.1) is 0 Å². The van der Waals surface area contributed by atoms with Crippen molar-refractivity contribution in [2.45, 2.75) is 72.2 Å². The van der Waals surface area contributed by atoms with Crippen LogP contribution >= 0.6 is 0 Å². The van der Waals surface area contributed by atoms with Gasteiger partial charge in [0.25, 0.3) is 0 Å². The Morgan fingerprint density at radius 1 is 0.812 bits per heavy atom. The number of imide groups is 1. The van der Waals surface area contributed by atoms with Crippen LogP contribution in [-0.2, 0) is 29.0 Å². The average Bonchev–Trinajstić information content (AvgIpc) is 3.33. The molecule has 2 aromatic heterocycles. The minimum atomic E-state index is -0.621. The van der Waals surface area contributed by atoms with Gasteiger partial charge in [0.15, 0.2) is 0 Å². The monoisotopic (exact) mass is 935 g/mol. The largest absolute Gasteiger partial charge is 0.497 e. The molecular weight excluding hydrogens is 875 g/mol. The quantitative estimate of drug-likeness (QED) is 0.149. The first-order valence-corrected chi connectivity index (χ1v) is 24.0. The fraction of sp³-hybridized carbons (Fsp3) is 0.423. The molecule has 5 aromatic rings. The van der Waals surface area contributed by atoms with Crippen LogP contribution in [-0.4, -0.2) is 127 Å². The lowest BCUT2D eigenvalue weighted by atomic mass is 10.0. The predicted molar refractivity (Wildman–Crippen MR) is 266 cm³/mol. The van der Waals surface area contributed by atoms with E-state index < -0.39 is 11.7 Å². The smallest absolute Gasteiger partial charge is 0.415 e. The summed E-state index contributed by atoms with van der Waals surface area (Å²) in [6.45, 7) is 18.1. The number of urea groups is 1. The number of amides is 4. The first-order valence-electron chi connectivity index (χ1n) is 24.0. The van der Waals surface area contributed by atoms with E-state index in [4.69, 9.17) is 19.2 Å². The molecule has 3 fully saturated rings. The van der Waals surface area contributed by atoms with Gasteiger partial charge in [0.05, 0.1) is 44.3 Å². The summed E-state index contributed by atoms with van der Waals surface area (Å²) in [6, 6.07) is 22.5. The topological polar surface area (TPSA) is 152 Å². The molecule has 17 heteroatoms. The van der Waals surface area contributed by atoms with Gasteiger partial charge in [-0.2, -0.15) is 0 Å². The molecule has 7 heterocycles. The second-order valence-corrected chi connectivity index (χ2v) is 19.5. The number of aromatic nitrogens is 3. The van der Waals surface area contributed by atoms with Gasteiger partial charge in [-0.25, -0.2) is 24.5 Å². The standard InChI is InChI=1S/C52H61N11O6/c1-34-27-40(13-16-44(34)61-20-18-46(64)63(50(61)65)30-36-7-14-42(67-6)15-8-36)57-21-23-58(24-22-57)41-31-60(32-41)39-11-9-38(10-12-39)55-49-54-28-37-17-19-59(33-43(37)56-49)45-29-53-48-47(35(45)2)62(25-26-68-48)51(66)69-52(3,4)5/h7-16,27-29,41H,17-26,30-33H2,1-6H3,(H,54,55,56). The second kappa shape index (κ2) is 18.7. The molecule has 0 saturated carbocycles. The number of piperazine rings is 1. The van der Waals surface area contributed by atoms with Gasteiger partial charge in [-0.3, -0.25) is 24.4 Å². The molecule has 0 bridgehead atoms. The summed E-state index contributed by atoms with van der Waals surface area (Å²) in [5.74, 6) is 1.56. The highest BCUT2D eigenvalue weighted by Crippen LogP contribution is 2.40. The molecule has 0 unspecified atom stereocenters. The minimum absolute atomic E-state index is 0.156. The molecule has 0 radical (unpaired) electrons. The Hall–Kier alpha value is -7.14. The number of hydrogen-bond acceptors (Lipinski definition) is 14. The third-order valence-electron chi connectivity index (χ3n) is 13.8. The highest BCUT2D eigenvalue weighted by molar-refractivity contribution is 6.06. The minimum Gasteiger partial charge on any atom is -0.497 e. The normalized spacial score (nSPS) is 17.8. The van der Waals surface area contributed by atoms with Crippen LogP contribution < -0.4 is 39.3 Å². The van der Waals surface area contributed by atoms with Crippen LogP contribution in [0.25, 0.3) is 0 Å². The maximum Gasteiger partial charge on any atom is 0.415 e. The highest BCUT2D eigenvalue weighted by atomic mass is 16.6. The van der Waals surface area contributed by atoms with Crippen LogP contribution in [0.15, 0.2) is 79.1 Å². The van der Waals surface area contributed by atoms with Gasteiger partial charge < -0.3 is 34.2 Å². The summed E-state index contributed by atoms with van der Waals surface area (Å²) in [5.41, 5.74) is 9.95. The Kier molecular flexibility index (Phi) is 12.4. The molecular formula is C52H61N11O6. The lowest BCUT2D eigenvalue weighted by Crippen LogP contribution is -2.63. The molecule has 5 aliphatic heterocycles. The van der Waals surface area contributed by atoms with Crippen LogP contribution in [0.3, 0.4) is 0 Å². The number of nitrogens with one attached hydrogen (secondary N) is 1. The molecule has 3 saturated heterocycles. The van der Waals surface area contributed by atoms with Crippen LogP contribution in [0.1, 0.15) is 55.1 Å². The molecule has 360 valence electrons. The lowest BCUT2D eigenvalue weighted by molar-refractivity contribution is -0.129. The number of anilines is 7. The van der Waals surface area contributed by atoms with E-state index in [0.717, 1.165) is 109 Å². The van der Waals surface area contributed by atoms with E-state index in [2.05, 4.69) is 71.3 Å². The number of carbonyl (C=O) groups is 3. The molecule has 3 aromatic carbocycles. The van der Waals surface area contributed by atoms with E-state index in [0.29, 0.717) is 49.8 Å². The third kappa shape index (κ3) is 9.52. The summed E-state index contributed by atoms with van der Waals surface area (Å²) >= 11 is 0. The zero-order valence-electron chi connectivity index (χ0n) is 40.4. The number of ether oxygens (including phenoxy) is 3. The molecule has 0 atom stereocenters. The summed E-state index contributed by atoms with van der Waals surface area (Å²) in [7, 11) is 1.61. The van der Waals surface area contributed by atoms with Crippen molar-refractivity contribution in [2.75, 3.05) is 102 Å². The first-order chi connectivity index (χ1) is 33.3. The van der Waals surface area contributed by atoms with Crippen molar-refractivity contribution in [2.24, 2.45) is 0 Å². The van der Waals surface area contributed by atoms with Gasteiger partial charge in [-0.05, 0) is 112 Å². The van der Waals surface area contributed by atoms with E-state index in [1.165, 1.54) is 10.6 Å². The predicted octanol–water partition coefficient (Wildman–Crippen LogP) is 7.31. The highest BCUT2D eigenvalue weighted by Gasteiger charge is 2.37. The first kappa shape index (κ1) is 45.6. The van der Waals surface area contributed by atoms with Gasteiger partial charge in [0, 0.05) is 99.3 Å². The van der Waals surface area contributed by atoms with Crippen molar-refractivity contribution in [1.29, 1.82) is 0 Å². The van der Waals surface area contributed by atoms with E-state index in [9.17, 15) is 14.4 Å². The van der Waals surface area contributed by atoms with Crippen molar-refractivity contribution in [3.8, 4) is 11.6 Å². The maximum absolute atomic E-state index is 13.7. The lowest BCUT2D eigenvalue weighted by Gasteiger charge is -2.49. The van der Waals surface area contributed by atoms with Crippen LogP contribution in [0.4, 0.5) is 49.7 Å². The number of carbonyl (C=O) groups excluding carboxylic acids is 3. The number of rotatable bonds is 10. The molecule has 1 N–H and O–H groups in total. The Morgan fingerprint density at radius 3 is 2.29 bits per heavy atom. The SMILES string of the molecule is COc1ccc(CN2C(=O)CCN(c3ccc(N4CCN(C5CN(c6ccc(Nc7ncc8c(n7)CN(c7cnc9c(c7C)N(C(=O)OC(C)(C)C)CCO9)CC8)cc6)C5)CC4)cc3C)C2=O)cc1. The summed E-state index contributed by atoms with van der Waals surface area (Å²) in [6.07, 6.45) is 4.42. The van der Waals surface area contributed by atoms with Gasteiger partial charge in [0.1, 0.15) is 23.6 Å². The Morgan fingerprint density at radius 2 is 1.57 bits per heavy atom. The zero-order valence-corrected chi connectivity index (χ0v) is 40.4. The molecule has 0 aliphatic carbocycles. The Bertz CT molecular complexity index is 2730. The van der Waals surface area contributed by atoms with Gasteiger partial charge in [-0.1, -0.05) is 12.1 Å². The van der Waals surface area contributed by atoms with E-state index in [1.54, 1.807) is 16.9 Å². The van der Waals surface area contributed by atoms with Crippen molar-refractivity contribution < 1.29 is 28.6 Å². The van der Waals surface area contributed by atoms with Gasteiger partial charge in [0.2, 0.25) is 17.7 Å². The van der Waals surface area contributed by atoms with Crippen LogP contribution in [0.2, 0.25) is 0 Å². The van der Waals surface area contributed by atoms with Crippen molar-refractivity contribution >= 4 is 58.1 Å². The van der Waals surface area contributed by atoms with Crippen molar-refractivity contribution in [1.82, 2.24) is 24.8 Å². The molecule has 5 aliphatic rings. The van der Waals surface area contributed by atoms with E-state index >= 15 is 0 Å². The number of fused-ring (bicyclic) bond motifs is 2. The number of nitrogens with zero attached hydrogens (tertiary/aromatic N) is 10. The molecule has 0 spiro atoms. The number of benzene rings is 3. The second-order valence-electron chi connectivity index (χ2n) is 19.5. The maximum atomic E-state index is 13.7. The molecule has 4 amide bonds. The van der Waals surface area contributed by atoms with Crippen molar-refractivity contribution in [3.63, 3.8) is 0 Å². The average molecular weight is 936 g/mol. The third-order valence-corrected chi connectivity index (χ3v) is 13.8. The Labute approximate surface area is 403 Å². The number of methoxy groups -OCH3 is 1. The molecule has 10 rings (SSSR count). The molecule has 69 heavy (non-hydrogen) atoms. The number of pyridine rings is 1. The fourth-order valence-corrected chi connectivity index (χ4v) is 9.97. The summed E-state index contributed by atoms with van der Waals surface area (Å²) in [5, 5.41) is 3.42. The summed E-state index contributed by atoms with van der Waals surface area (Å²) in [4.78, 5) is 68.5. The number of hydrogen-bond donors (Lipinski definition) is 1. The zero-order chi connectivity index (χ0) is 48.0. The number of aryl methyl sites for hydroxylation is 1. The van der Waals surface area contributed by atoms with Crippen molar-refractivity contribution in [3.05, 3.63) is 107 Å². The van der Waals surface area contributed by atoms with E-state index in [1.807, 2.05) is 77.3 Å². The molecule has 17 nitrogen and oxygen atoms in total. The fourth-order valence-electron chi connectivity index (χ4n) is 9.97. The van der Waals surface area contributed by atoms with E-state index in [-0.39, 0.29) is 24.9 Å². The Balaban J connectivity index is 0.704. The van der Waals surface area contributed by atoms with Gasteiger partial charge >= 0.3 is 12.1 Å². The van der Waals surface area contributed by atoms with Crippen LogP contribution in [0.5, 0.6) is 11.6 Å².